The summed E-state index contributed by atoms with van der Waals surface area (Å²) in [6, 6.07) is 8.28. The van der Waals surface area contributed by atoms with Gasteiger partial charge in [0.2, 0.25) is 5.91 Å². The predicted molar refractivity (Wildman–Crippen MR) is 89.9 cm³/mol. The maximum atomic E-state index is 12.4. The summed E-state index contributed by atoms with van der Waals surface area (Å²) in [4.78, 5) is 20.1. The number of fused-ring (bicyclic) bond motifs is 1. The molecule has 0 spiro atoms. The number of piperazine rings is 1. The molecule has 0 atom stereocenters. The Morgan fingerprint density at radius 3 is 2.73 bits per heavy atom. The van der Waals surface area contributed by atoms with Crippen LogP contribution in [-0.4, -0.2) is 53.4 Å². The molecule has 0 radical (unpaired) electrons. The van der Waals surface area contributed by atoms with Crippen molar-refractivity contribution in [2.75, 3.05) is 32.7 Å². The van der Waals surface area contributed by atoms with Crippen LogP contribution in [0, 0.1) is 0 Å². The van der Waals surface area contributed by atoms with E-state index in [1.54, 1.807) is 0 Å². The molecule has 2 aromatic rings. The molecule has 4 heteroatoms. The summed E-state index contributed by atoms with van der Waals surface area (Å²) < 4.78 is 0. The van der Waals surface area contributed by atoms with Gasteiger partial charge in [0.25, 0.3) is 0 Å². The fourth-order valence-corrected chi connectivity index (χ4v) is 3.28. The average Bonchev–Trinajstić information content (AvgIpc) is 2.97. The van der Waals surface area contributed by atoms with Crippen molar-refractivity contribution in [2.24, 2.45) is 0 Å². The number of hydrogen-bond acceptors (Lipinski definition) is 2. The molecule has 3 rings (SSSR count). The zero-order valence-electron chi connectivity index (χ0n) is 13.3. The molecule has 1 aromatic heterocycles. The van der Waals surface area contributed by atoms with Crippen LogP contribution in [0.4, 0.5) is 0 Å². The molecule has 118 valence electrons. The van der Waals surface area contributed by atoms with Gasteiger partial charge in [-0.3, -0.25) is 9.69 Å². The molecule has 0 saturated carbocycles. The van der Waals surface area contributed by atoms with Crippen LogP contribution in [0.15, 0.2) is 30.5 Å². The lowest BCUT2D eigenvalue weighted by atomic mass is 10.1. The Labute approximate surface area is 132 Å². The van der Waals surface area contributed by atoms with Crippen molar-refractivity contribution in [3.63, 3.8) is 0 Å². The molecule has 1 fully saturated rings. The number of aryl methyl sites for hydroxylation is 1. The molecule has 22 heavy (non-hydrogen) atoms. The van der Waals surface area contributed by atoms with Crippen LogP contribution in [0.5, 0.6) is 0 Å². The van der Waals surface area contributed by atoms with Crippen molar-refractivity contribution in [1.82, 2.24) is 14.8 Å². The normalized spacial score (nSPS) is 16.3. The van der Waals surface area contributed by atoms with Crippen LogP contribution in [0.1, 0.15) is 25.3 Å². The van der Waals surface area contributed by atoms with Gasteiger partial charge in [-0.05, 0) is 31.0 Å². The summed E-state index contributed by atoms with van der Waals surface area (Å²) in [6.45, 7) is 7.16. The largest absolute Gasteiger partial charge is 0.361 e. The first-order chi connectivity index (χ1) is 10.8. The van der Waals surface area contributed by atoms with E-state index in [0.717, 1.165) is 44.7 Å². The smallest absolute Gasteiger partial charge is 0.222 e. The van der Waals surface area contributed by atoms with Gasteiger partial charge in [0.15, 0.2) is 0 Å². The number of aromatic nitrogens is 1. The van der Waals surface area contributed by atoms with Crippen molar-refractivity contribution in [3.05, 3.63) is 36.0 Å². The fraction of sp³-hybridized carbons (Fsp3) is 0.500. The molecule has 1 amide bonds. The molecule has 0 unspecified atom stereocenters. The number of aromatic amines is 1. The summed E-state index contributed by atoms with van der Waals surface area (Å²) in [7, 11) is 0. The highest BCUT2D eigenvalue weighted by Gasteiger charge is 2.20. The molecule has 0 bridgehead atoms. The molecule has 1 aliphatic heterocycles. The van der Waals surface area contributed by atoms with Gasteiger partial charge in [-0.25, -0.2) is 0 Å². The lowest BCUT2D eigenvalue weighted by Gasteiger charge is -2.34. The standard InChI is InChI=1S/C18H25N3O/c1-2-9-20-10-12-21(13-11-20)18(22)8-7-15-14-19-17-6-4-3-5-16(15)17/h3-6,14,19H,2,7-13H2,1H3. The fourth-order valence-electron chi connectivity index (χ4n) is 3.28. The van der Waals surface area contributed by atoms with Gasteiger partial charge < -0.3 is 9.88 Å². The van der Waals surface area contributed by atoms with Gasteiger partial charge in [0.05, 0.1) is 0 Å². The third-order valence-corrected chi connectivity index (χ3v) is 4.55. The lowest BCUT2D eigenvalue weighted by Crippen LogP contribution is -2.48. The zero-order valence-corrected chi connectivity index (χ0v) is 13.3. The monoisotopic (exact) mass is 299 g/mol. The summed E-state index contributed by atoms with van der Waals surface area (Å²) >= 11 is 0. The number of amides is 1. The third-order valence-electron chi connectivity index (χ3n) is 4.55. The van der Waals surface area contributed by atoms with E-state index in [1.807, 2.05) is 17.2 Å². The number of nitrogens with one attached hydrogen (secondary N) is 1. The number of para-hydroxylation sites is 1. The zero-order chi connectivity index (χ0) is 15.4. The molecule has 1 saturated heterocycles. The third kappa shape index (κ3) is 3.33. The van der Waals surface area contributed by atoms with Gasteiger partial charge in [-0.1, -0.05) is 25.1 Å². The highest BCUT2D eigenvalue weighted by atomic mass is 16.2. The number of carbonyl (C=O) groups excluding carboxylic acids is 1. The first kappa shape index (κ1) is 15.1. The minimum absolute atomic E-state index is 0.293. The molecule has 1 aliphatic rings. The Hall–Kier alpha value is -1.81. The number of H-pyrrole nitrogens is 1. The van der Waals surface area contributed by atoms with Gasteiger partial charge in [0, 0.05) is 49.7 Å². The van der Waals surface area contributed by atoms with Crippen LogP contribution in [0.2, 0.25) is 0 Å². The molecular formula is C18H25N3O. The Kier molecular flexibility index (Phi) is 4.78. The Balaban J connectivity index is 1.52. The van der Waals surface area contributed by atoms with E-state index in [9.17, 15) is 4.79 Å². The maximum Gasteiger partial charge on any atom is 0.222 e. The van der Waals surface area contributed by atoms with Gasteiger partial charge in [-0.15, -0.1) is 0 Å². The van der Waals surface area contributed by atoms with Crippen molar-refractivity contribution in [2.45, 2.75) is 26.2 Å². The minimum atomic E-state index is 0.293. The van der Waals surface area contributed by atoms with Crippen LogP contribution >= 0.6 is 0 Å². The molecule has 1 N–H and O–H groups in total. The van der Waals surface area contributed by atoms with Crippen LogP contribution < -0.4 is 0 Å². The number of benzene rings is 1. The highest BCUT2D eigenvalue weighted by Crippen LogP contribution is 2.19. The SMILES string of the molecule is CCCN1CCN(C(=O)CCc2c[nH]c3ccccc23)CC1. The van der Waals surface area contributed by atoms with Crippen LogP contribution in [0.25, 0.3) is 10.9 Å². The van der Waals surface area contributed by atoms with Gasteiger partial charge in [0.1, 0.15) is 0 Å². The van der Waals surface area contributed by atoms with E-state index >= 15 is 0 Å². The Morgan fingerprint density at radius 2 is 1.95 bits per heavy atom. The van der Waals surface area contributed by atoms with Crippen molar-refractivity contribution >= 4 is 16.8 Å². The molecule has 0 aliphatic carbocycles. The van der Waals surface area contributed by atoms with E-state index in [0.29, 0.717) is 12.3 Å². The quantitative estimate of drug-likeness (QED) is 0.922. The van der Waals surface area contributed by atoms with E-state index in [2.05, 4.69) is 35.0 Å². The van der Waals surface area contributed by atoms with E-state index < -0.39 is 0 Å². The molecule has 1 aromatic carbocycles. The lowest BCUT2D eigenvalue weighted by molar-refractivity contribution is -0.132. The maximum absolute atomic E-state index is 12.4. The Morgan fingerprint density at radius 1 is 1.18 bits per heavy atom. The van der Waals surface area contributed by atoms with E-state index in [4.69, 9.17) is 0 Å². The second-order valence-electron chi connectivity index (χ2n) is 6.08. The summed E-state index contributed by atoms with van der Waals surface area (Å²) in [5, 5.41) is 1.24. The average molecular weight is 299 g/mol. The first-order valence-electron chi connectivity index (χ1n) is 8.33. The van der Waals surface area contributed by atoms with Crippen molar-refractivity contribution in [3.8, 4) is 0 Å². The summed E-state index contributed by atoms with van der Waals surface area (Å²) in [5.74, 6) is 0.293. The van der Waals surface area contributed by atoms with E-state index in [1.165, 1.54) is 17.4 Å². The topological polar surface area (TPSA) is 39.3 Å². The molecule has 4 nitrogen and oxygen atoms in total. The van der Waals surface area contributed by atoms with Gasteiger partial charge in [-0.2, -0.15) is 0 Å². The second-order valence-corrected chi connectivity index (χ2v) is 6.08. The summed E-state index contributed by atoms with van der Waals surface area (Å²) in [5.41, 5.74) is 2.40. The molecular weight excluding hydrogens is 274 g/mol. The Bertz CT molecular complexity index is 626. The van der Waals surface area contributed by atoms with Gasteiger partial charge >= 0.3 is 0 Å². The van der Waals surface area contributed by atoms with Crippen LogP contribution in [-0.2, 0) is 11.2 Å². The minimum Gasteiger partial charge on any atom is -0.361 e. The highest BCUT2D eigenvalue weighted by molar-refractivity contribution is 5.84. The van der Waals surface area contributed by atoms with Crippen LogP contribution in [0.3, 0.4) is 0 Å². The molecule has 2 heterocycles. The van der Waals surface area contributed by atoms with Crippen molar-refractivity contribution < 1.29 is 4.79 Å². The van der Waals surface area contributed by atoms with E-state index in [-0.39, 0.29) is 0 Å². The first-order valence-corrected chi connectivity index (χ1v) is 8.33. The predicted octanol–water partition coefficient (Wildman–Crippen LogP) is 2.65. The number of rotatable bonds is 5. The summed E-state index contributed by atoms with van der Waals surface area (Å²) in [6.07, 6.45) is 4.65. The van der Waals surface area contributed by atoms with Crippen molar-refractivity contribution in [1.29, 1.82) is 0 Å². The number of carbonyl (C=O) groups is 1. The second kappa shape index (κ2) is 6.97. The number of hydrogen-bond donors (Lipinski definition) is 1. The number of nitrogens with zero attached hydrogens (tertiary/aromatic N) is 2.